The number of carbonyl (C=O) groups excluding carboxylic acids is 2. The first-order chi connectivity index (χ1) is 19.0. The number of para-hydroxylation sites is 2. The molecule has 39 heavy (non-hydrogen) atoms. The lowest BCUT2D eigenvalue weighted by molar-refractivity contribution is -0.121. The lowest BCUT2D eigenvalue weighted by atomic mass is 10.1. The lowest BCUT2D eigenvalue weighted by Crippen LogP contribution is -2.41. The van der Waals surface area contributed by atoms with Gasteiger partial charge in [0.2, 0.25) is 11.8 Å². The molecule has 8 nitrogen and oxygen atoms in total. The molecular formula is C31H26N4O4. The van der Waals surface area contributed by atoms with E-state index in [1.807, 2.05) is 48.5 Å². The third kappa shape index (κ3) is 5.86. The number of nitrogens with zero attached hydrogens (tertiary/aromatic N) is 2. The van der Waals surface area contributed by atoms with E-state index in [1.165, 1.54) is 4.57 Å². The minimum absolute atomic E-state index is 0.133. The second-order valence-corrected chi connectivity index (χ2v) is 9.05. The van der Waals surface area contributed by atoms with Gasteiger partial charge in [0.25, 0.3) is 5.56 Å². The van der Waals surface area contributed by atoms with E-state index in [-0.39, 0.29) is 24.8 Å². The Balaban J connectivity index is 1.41. The quantitative estimate of drug-likeness (QED) is 0.327. The van der Waals surface area contributed by atoms with E-state index in [1.54, 1.807) is 60.7 Å². The number of anilines is 1. The van der Waals surface area contributed by atoms with Crippen LogP contribution in [0.5, 0.6) is 0 Å². The number of benzene rings is 4. The summed E-state index contributed by atoms with van der Waals surface area (Å²) in [7, 11) is 0. The number of amides is 2. The monoisotopic (exact) mass is 518 g/mol. The van der Waals surface area contributed by atoms with Gasteiger partial charge in [0.1, 0.15) is 6.54 Å². The van der Waals surface area contributed by atoms with Gasteiger partial charge in [-0.05, 0) is 47.5 Å². The summed E-state index contributed by atoms with van der Waals surface area (Å²) in [6, 6.07) is 32.0. The van der Waals surface area contributed by atoms with Gasteiger partial charge in [-0.1, -0.05) is 72.8 Å². The molecule has 0 aliphatic rings. The van der Waals surface area contributed by atoms with E-state index in [0.717, 1.165) is 15.7 Å². The summed E-state index contributed by atoms with van der Waals surface area (Å²) >= 11 is 0. The molecule has 1 aromatic heterocycles. The van der Waals surface area contributed by atoms with Crippen LogP contribution < -0.4 is 21.9 Å². The summed E-state index contributed by atoms with van der Waals surface area (Å²) in [5, 5.41) is 5.99. The van der Waals surface area contributed by atoms with Gasteiger partial charge in [-0.2, -0.15) is 0 Å². The molecule has 0 bridgehead atoms. The van der Waals surface area contributed by atoms with Gasteiger partial charge in [0.15, 0.2) is 0 Å². The molecule has 2 N–H and O–H groups in total. The molecule has 2 amide bonds. The summed E-state index contributed by atoms with van der Waals surface area (Å²) in [5.74, 6) is -0.531. The van der Waals surface area contributed by atoms with Crippen LogP contribution in [0, 0.1) is 0 Å². The van der Waals surface area contributed by atoms with Gasteiger partial charge in [-0.3, -0.25) is 19.0 Å². The molecule has 0 saturated heterocycles. The van der Waals surface area contributed by atoms with Crippen molar-refractivity contribution in [2.24, 2.45) is 0 Å². The standard InChI is InChI=1S/C31H26N4O4/c36-28(33-24-11-5-2-6-12-24)19-22-15-17-25(18-16-22)35-30(38)26-13-7-8-14-27(26)34(31(35)39)21-29(37)32-20-23-9-3-1-4-10-23/h1-18H,19-21H2,(H,32,37)(H,33,36). The molecular weight excluding hydrogens is 492 g/mol. The SMILES string of the molecule is O=C(Cn1c(=O)n(-c2ccc(CC(=O)Nc3ccccc3)cc2)c(=O)c2ccccc21)NCc1ccccc1. The smallest absolute Gasteiger partial charge is 0.336 e. The number of aromatic nitrogens is 2. The summed E-state index contributed by atoms with van der Waals surface area (Å²) in [5.41, 5.74) is 1.99. The first kappa shape index (κ1) is 25.4. The van der Waals surface area contributed by atoms with Gasteiger partial charge in [0, 0.05) is 12.2 Å². The summed E-state index contributed by atoms with van der Waals surface area (Å²) in [4.78, 5) is 52.1. The zero-order chi connectivity index (χ0) is 27.2. The normalized spacial score (nSPS) is 10.8. The fraction of sp³-hybridized carbons (Fsp3) is 0.0968. The van der Waals surface area contributed by atoms with Crippen LogP contribution in [0.3, 0.4) is 0 Å². The molecule has 0 saturated carbocycles. The Morgan fingerprint density at radius 3 is 2.03 bits per heavy atom. The summed E-state index contributed by atoms with van der Waals surface area (Å²) in [6.07, 6.45) is 0.133. The largest absolute Gasteiger partial charge is 0.350 e. The van der Waals surface area contributed by atoms with Crippen LogP contribution in [-0.2, 0) is 29.1 Å². The Bertz CT molecular complexity index is 1740. The molecule has 0 radical (unpaired) electrons. The van der Waals surface area contributed by atoms with E-state index in [9.17, 15) is 19.2 Å². The first-order valence-electron chi connectivity index (χ1n) is 12.5. The molecule has 5 aromatic rings. The third-order valence-electron chi connectivity index (χ3n) is 6.30. The van der Waals surface area contributed by atoms with E-state index in [4.69, 9.17) is 0 Å². The Morgan fingerprint density at radius 1 is 0.667 bits per heavy atom. The van der Waals surface area contributed by atoms with Crippen molar-refractivity contribution in [1.82, 2.24) is 14.5 Å². The molecule has 1 heterocycles. The summed E-state index contributed by atoms with van der Waals surface area (Å²) < 4.78 is 2.36. The Hall–Kier alpha value is -5.24. The summed E-state index contributed by atoms with van der Waals surface area (Å²) in [6.45, 7) is 0.0789. The molecule has 0 atom stereocenters. The maximum absolute atomic E-state index is 13.6. The zero-order valence-electron chi connectivity index (χ0n) is 21.0. The number of fused-ring (bicyclic) bond motifs is 1. The lowest BCUT2D eigenvalue weighted by Gasteiger charge is -2.14. The fourth-order valence-corrected chi connectivity index (χ4v) is 4.37. The predicted molar refractivity (Wildman–Crippen MR) is 151 cm³/mol. The van der Waals surface area contributed by atoms with Crippen LogP contribution in [0.1, 0.15) is 11.1 Å². The topological polar surface area (TPSA) is 102 Å². The van der Waals surface area contributed by atoms with E-state index >= 15 is 0 Å². The highest BCUT2D eigenvalue weighted by molar-refractivity contribution is 5.92. The van der Waals surface area contributed by atoms with Gasteiger partial charge in [-0.25, -0.2) is 9.36 Å². The van der Waals surface area contributed by atoms with Crippen LogP contribution in [-0.4, -0.2) is 20.9 Å². The average Bonchev–Trinajstić information content (AvgIpc) is 2.96. The van der Waals surface area contributed by atoms with Crippen molar-refractivity contribution in [2.75, 3.05) is 5.32 Å². The number of hydrogen-bond donors (Lipinski definition) is 2. The van der Waals surface area contributed by atoms with Gasteiger partial charge < -0.3 is 10.6 Å². The zero-order valence-corrected chi connectivity index (χ0v) is 21.0. The van der Waals surface area contributed by atoms with Crippen LogP contribution in [0.25, 0.3) is 16.6 Å². The van der Waals surface area contributed by atoms with E-state index in [2.05, 4.69) is 10.6 Å². The molecule has 194 valence electrons. The number of rotatable bonds is 8. The molecule has 4 aromatic carbocycles. The highest BCUT2D eigenvalue weighted by atomic mass is 16.2. The van der Waals surface area contributed by atoms with Crippen LogP contribution in [0.2, 0.25) is 0 Å². The Labute approximate surface area is 224 Å². The Morgan fingerprint density at radius 2 is 1.31 bits per heavy atom. The fourth-order valence-electron chi connectivity index (χ4n) is 4.37. The van der Waals surface area contributed by atoms with Crippen molar-refractivity contribution in [3.63, 3.8) is 0 Å². The molecule has 0 aliphatic heterocycles. The second-order valence-electron chi connectivity index (χ2n) is 9.05. The molecule has 0 fully saturated rings. The molecule has 0 unspecified atom stereocenters. The average molecular weight is 519 g/mol. The molecule has 8 heteroatoms. The number of carbonyl (C=O) groups is 2. The van der Waals surface area contributed by atoms with Crippen molar-refractivity contribution in [2.45, 2.75) is 19.5 Å². The predicted octanol–water partition coefficient (Wildman–Crippen LogP) is 3.65. The molecule has 0 spiro atoms. The minimum Gasteiger partial charge on any atom is -0.350 e. The molecule has 5 rings (SSSR count). The maximum Gasteiger partial charge on any atom is 0.336 e. The van der Waals surface area contributed by atoms with Crippen molar-refractivity contribution in [3.8, 4) is 5.69 Å². The van der Waals surface area contributed by atoms with Gasteiger partial charge in [-0.15, -0.1) is 0 Å². The van der Waals surface area contributed by atoms with Crippen molar-refractivity contribution >= 4 is 28.4 Å². The second kappa shape index (κ2) is 11.4. The van der Waals surface area contributed by atoms with E-state index in [0.29, 0.717) is 28.8 Å². The van der Waals surface area contributed by atoms with Gasteiger partial charge in [0.05, 0.1) is 23.0 Å². The number of nitrogens with one attached hydrogen (secondary N) is 2. The number of hydrogen-bond acceptors (Lipinski definition) is 4. The molecule has 0 aliphatic carbocycles. The Kier molecular flexibility index (Phi) is 7.45. The highest BCUT2D eigenvalue weighted by Crippen LogP contribution is 2.13. The van der Waals surface area contributed by atoms with Crippen molar-refractivity contribution in [1.29, 1.82) is 0 Å². The van der Waals surface area contributed by atoms with Crippen molar-refractivity contribution in [3.05, 3.63) is 141 Å². The maximum atomic E-state index is 13.6. The van der Waals surface area contributed by atoms with Crippen molar-refractivity contribution < 1.29 is 9.59 Å². The van der Waals surface area contributed by atoms with Gasteiger partial charge >= 0.3 is 5.69 Å². The first-order valence-corrected chi connectivity index (χ1v) is 12.5. The van der Waals surface area contributed by atoms with Crippen LogP contribution in [0.15, 0.2) is 119 Å². The highest BCUT2D eigenvalue weighted by Gasteiger charge is 2.16. The van der Waals surface area contributed by atoms with Crippen LogP contribution in [0.4, 0.5) is 5.69 Å². The minimum atomic E-state index is -0.622. The third-order valence-corrected chi connectivity index (χ3v) is 6.30. The van der Waals surface area contributed by atoms with Crippen LogP contribution >= 0.6 is 0 Å². The van der Waals surface area contributed by atoms with E-state index < -0.39 is 11.2 Å².